The Hall–Kier alpha value is -0.560. The lowest BCUT2D eigenvalue weighted by molar-refractivity contribution is -0.376. The molecule has 0 aromatic carbocycles. The van der Waals surface area contributed by atoms with Crippen LogP contribution in [-0.2, 0) is 23.7 Å². The zero-order valence-electron chi connectivity index (χ0n) is 34.8. The van der Waals surface area contributed by atoms with Gasteiger partial charge in [-0.3, -0.25) is 0 Å². The number of hydrogen-bond acceptors (Lipinski definition) is 14. The van der Waals surface area contributed by atoms with Gasteiger partial charge in [-0.25, -0.2) is 0 Å². The second-order valence-electron chi connectivity index (χ2n) is 21.2. The van der Waals surface area contributed by atoms with E-state index in [1.165, 1.54) is 6.92 Å². The van der Waals surface area contributed by atoms with Gasteiger partial charge in [-0.05, 0) is 118 Å². The van der Waals surface area contributed by atoms with Crippen LogP contribution in [0, 0.1) is 45.3 Å². The number of rotatable bonds is 7. The molecule has 14 heteroatoms. The van der Waals surface area contributed by atoms with Crippen molar-refractivity contribution >= 4 is 0 Å². The summed E-state index contributed by atoms with van der Waals surface area (Å²) < 4.78 is 31.2. The smallest absolute Gasteiger partial charge is 0.187 e. The second-order valence-corrected chi connectivity index (χ2v) is 21.2. The predicted octanol–water partition coefficient (Wildman–Crippen LogP) is 1.36. The van der Waals surface area contributed by atoms with E-state index in [0.717, 1.165) is 32.1 Å². The highest BCUT2D eigenvalue weighted by Crippen LogP contribution is 2.76. The number of fused-ring (bicyclic) bond motifs is 5. The highest BCUT2D eigenvalue weighted by Gasteiger charge is 2.72. The molecule has 14 nitrogen and oxygen atoms in total. The van der Waals surface area contributed by atoms with Crippen molar-refractivity contribution in [1.82, 2.24) is 0 Å². The van der Waals surface area contributed by atoms with E-state index in [1.807, 2.05) is 0 Å². The first-order valence-corrected chi connectivity index (χ1v) is 21.2. The molecule has 3 heterocycles. The van der Waals surface area contributed by atoms with Gasteiger partial charge in [0.15, 0.2) is 12.6 Å². The molecule has 3 aliphatic heterocycles. The Bertz CT molecular complexity index is 1430. The molecule has 56 heavy (non-hydrogen) atoms. The van der Waals surface area contributed by atoms with Crippen molar-refractivity contribution in [2.24, 2.45) is 45.3 Å². The molecular formula is C42H72O14. The molecule has 0 aromatic rings. The van der Waals surface area contributed by atoms with Crippen molar-refractivity contribution in [3.8, 4) is 0 Å². The van der Waals surface area contributed by atoms with Crippen LogP contribution in [0.3, 0.4) is 0 Å². The van der Waals surface area contributed by atoms with E-state index in [-0.39, 0.29) is 39.9 Å². The van der Waals surface area contributed by atoms with E-state index < -0.39 is 109 Å². The van der Waals surface area contributed by atoms with Crippen LogP contribution in [-0.4, -0.2) is 150 Å². The molecule has 0 unspecified atom stereocenters. The molecule has 7 fully saturated rings. The molecule has 0 amide bonds. The van der Waals surface area contributed by atoms with E-state index in [9.17, 15) is 46.0 Å². The highest BCUT2D eigenvalue weighted by atomic mass is 16.8. The molecule has 4 saturated carbocycles. The summed E-state index contributed by atoms with van der Waals surface area (Å²) in [5, 5.41) is 97.8. The fraction of sp³-hybridized carbons (Fsp3) is 1.00. The molecule has 9 N–H and O–H groups in total. The molecule has 3 saturated heterocycles. The van der Waals surface area contributed by atoms with Crippen LogP contribution >= 0.6 is 0 Å². The normalized spacial score (nSPS) is 57.3. The van der Waals surface area contributed by atoms with Gasteiger partial charge in [0, 0.05) is 6.42 Å². The largest absolute Gasteiger partial charge is 0.394 e. The van der Waals surface area contributed by atoms with Gasteiger partial charge in [-0.1, -0.05) is 34.6 Å². The minimum atomic E-state index is -1.66. The van der Waals surface area contributed by atoms with Gasteiger partial charge in [0.25, 0.3) is 0 Å². The van der Waals surface area contributed by atoms with Gasteiger partial charge in [-0.15, -0.1) is 0 Å². The first kappa shape index (κ1) is 43.5. The van der Waals surface area contributed by atoms with Crippen molar-refractivity contribution < 1.29 is 69.6 Å². The standard InChI is InChI=1S/C42H72O14/c1-19-28(46)30(48)32(50)35(52-19)55-33-31(49)29(47)23(18-43)53-36(33)54-26-12-13-39(6)24(37(26,2)3)11-15-40(7)25(39)16-21(44)27-20(10-14-41(27,40)8)42(9)17-22(45)34(56-42)38(4,5)51/h19-36,43-51H,10-18H2,1-9H3/t19-,20-,21+,22-,23+,24+,25+,26-,27-,28-,29+,30+,31-,32+,33+,34-,35-,36-,39-,40+,41+,42-/m0/s1. The van der Waals surface area contributed by atoms with Crippen molar-refractivity contribution in [3.05, 3.63) is 0 Å². The van der Waals surface area contributed by atoms with Crippen LogP contribution in [0.1, 0.15) is 114 Å². The van der Waals surface area contributed by atoms with E-state index in [0.29, 0.717) is 19.3 Å². The zero-order chi connectivity index (χ0) is 41.3. The fourth-order valence-electron chi connectivity index (χ4n) is 14.2. The minimum absolute atomic E-state index is 0.0185. The van der Waals surface area contributed by atoms with Crippen molar-refractivity contribution in [1.29, 1.82) is 0 Å². The molecule has 7 rings (SSSR count). The maximum Gasteiger partial charge on any atom is 0.187 e. The third-order valence-corrected chi connectivity index (χ3v) is 17.4. The van der Waals surface area contributed by atoms with Gasteiger partial charge < -0.3 is 69.6 Å². The van der Waals surface area contributed by atoms with Crippen LogP contribution in [0.5, 0.6) is 0 Å². The van der Waals surface area contributed by atoms with E-state index >= 15 is 0 Å². The van der Waals surface area contributed by atoms with Crippen LogP contribution < -0.4 is 0 Å². The Balaban J connectivity index is 1.12. The summed E-state index contributed by atoms with van der Waals surface area (Å²) in [6.07, 6.45) is -10.1. The summed E-state index contributed by atoms with van der Waals surface area (Å²) >= 11 is 0. The maximum atomic E-state index is 12.3. The average Bonchev–Trinajstić information content (AvgIpc) is 3.66. The SMILES string of the molecule is C[C@@H]1O[C@@H](O[C@H]2[C@H](O[C@H]3CC[C@@]4(C)[C@H](CC[C@]5(C)[C@@H]4C[C@@H](O)[C@@H]4[C@@H]([C@]6(C)C[C@H](O)[C@@H](C(C)(C)O)O6)CC[C@]45C)C3(C)C)O[C@H](CO)[C@@H](O)[C@@H]2O)[C@H](O)[C@H](O)[C@H]1O. The summed E-state index contributed by atoms with van der Waals surface area (Å²) in [6, 6.07) is 0. The van der Waals surface area contributed by atoms with E-state index in [1.54, 1.807) is 13.8 Å². The number of hydrogen-bond donors (Lipinski definition) is 9. The van der Waals surface area contributed by atoms with Crippen molar-refractivity contribution in [2.45, 2.75) is 211 Å². The van der Waals surface area contributed by atoms with Gasteiger partial charge in [0.2, 0.25) is 0 Å². The Labute approximate surface area is 331 Å². The Morgan fingerprint density at radius 3 is 1.98 bits per heavy atom. The summed E-state index contributed by atoms with van der Waals surface area (Å²) in [4.78, 5) is 0. The Morgan fingerprint density at radius 1 is 0.696 bits per heavy atom. The third-order valence-electron chi connectivity index (χ3n) is 17.4. The summed E-state index contributed by atoms with van der Waals surface area (Å²) in [7, 11) is 0. The lowest BCUT2D eigenvalue weighted by Gasteiger charge is -2.70. The average molecular weight is 801 g/mol. The number of aliphatic hydroxyl groups excluding tert-OH is 8. The molecular weight excluding hydrogens is 728 g/mol. The van der Waals surface area contributed by atoms with Crippen molar-refractivity contribution in [3.63, 3.8) is 0 Å². The monoisotopic (exact) mass is 800 g/mol. The topological polar surface area (TPSA) is 228 Å². The van der Waals surface area contributed by atoms with Crippen molar-refractivity contribution in [2.75, 3.05) is 6.61 Å². The van der Waals surface area contributed by atoms with Crippen LogP contribution in [0.4, 0.5) is 0 Å². The van der Waals surface area contributed by atoms with Gasteiger partial charge in [0.05, 0.1) is 42.2 Å². The highest BCUT2D eigenvalue weighted by molar-refractivity contribution is 5.21. The molecule has 22 atom stereocenters. The molecule has 0 aromatic heterocycles. The second kappa shape index (κ2) is 14.5. The van der Waals surface area contributed by atoms with Crippen LogP contribution in [0.2, 0.25) is 0 Å². The number of ether oxygens (including phenoxy) is 5. The molecule has 4 aliphatic carbocycles. The molecule has 0 bridgehead atoms. The van der Waals surface area contributed by atoms with Gasteiger partial charge in [0.1, 0.15) is 48.8 Å². The van der Waals surface area contributed by atoms with E-state index in [2.05, 4.69) is 41.5 Å². The molecule has 7 aliphatic rings. The Morgan fingerprint density at radius 2 is 1.36 bits per heavy atom. The quantitative estimate of drug-likeness (QED) is 0.166. The summed E-state index contributed by atoms with van der Waals surface area (Å²) in [6.45, 7) is 18.0. The number of aliphatic hydroxyl groups is 9. The summed E-state index contributed by atoms with van der Waals surface area (Å²) in [5.74, 6) is 0.410. The van der Waals surface area contributed by atoms with Gasteiger partial charge in [-0.2, -0.15) is 0 Å². The lowest BCUT2D eigenvalue weighted by atomic mass is 9.35. The fourth-order valence-corrected chi connectivity index (χ4v) is 14.2. The molecule has 0 spiro atoms. The van der Waals surface area contributed by atoms with E-state index in [4.69, 9.17) is 23.7 Å². The predicted molar refractivity (Wildman–Crippen MR) is 200 cm³/mol. The van der Waals surface area contributed by atoms with Crippen LogP contribution in [0.25, 0.3) is 0 Å². The first-order chi connectivity index (χ1) is 25.9. The molecule has 0 radical (unpaired) electrons. The zero-order valence-corrected chi connectivity index (χ0v) is 34.8. The minimum Gasteiger partial charge on any atom is -0.394 e. The van der Waals surface area contributed by atoms with Crippen LogP contribution in [0.15, 0.2) is 0 Å². The third kappa shape index (κ3) is 6.49. The molecule has 324 valence electrons. The lowest BCUT2D eigenvalue weighted by Crippen LogP contribution is -2.67. The maximum absolute atomic E-state index is 12.3. The summed E-state index contributed by atoms with van der Waals surface area (Å²) in [5.41, 5.74) is -2.71. The Kier molecular flexibility index (Phi) is 11.3. The van der Waals surface area contributed by atoms with Gasteiger partial charge >= 0.3 is 0 Å². The first-order valence-electron chi connectivity index (χ1n) is 21.2.